The molecule has 3 N–H and O–H groups in total. The highest BCUT2D eigenvalue weighted by molar-refractivity contribution is 7.86. The molecule has 0 amide bonds. The summed E-state index contributed by atoms with van der Waals surface area (Å²) in [7, 11) is -3.57. The molecular formula is C24H45NO6S. The van der Waals surface area contributed by atoms with Crippen LogP contribution in [0.5, 0.6) is 0 Å². The molecule has 0 saturated carbocycles. The minimum Gasteiger partial charge on any atom is -0.379 e. The fraction of sp³-hybridized carbons (Fsp3) is 0.750. The van der Waals surface area contributed by atoms with Crippen molar-refractivity contribution in [1.82, 2.24) is 4.90 Å². The smallest absolute Gasteiger partial charge is 0.296 e. The predicted molar refractivity (Wildman–Crippen MR) is 128 cm³/mol. The van der Waals surface area contributed by atoms with Crippen molar-refractivity contribution in [1.29, 1.82) is 0 Å². The Kier molecular flexibility index (Phi) is 17.8. The van der Waals surface area contributed by atoms with Crippen LogP contribution in [0.2, 0.25) is 0 Å². The van der Waals surface area contributed by atoms with Gasteiger partial charge in [0.05, 0.1) is 11.5 Å². The Bertz CT molecular complexity index is 631. The summed E-state index contributed by atoms with van der Waals surface area (Å²) in [6.07, 6.45) is 9.76. The topological polar surface area (TPSA) is 107 Å². The number of hydrogen-bond donors (Lipinski definition) is 3. The second-order valence-electron chi connectivity index (χ2n) is 8.11. The Morgan fingerprint density at radius 3 is 1.53 bits per heavy atom. The lowest BCUT2D eigenvalue weighted by atomic mass is 10.1. The number of rotatable bonds is 16. The van der Waals surface area contributed by atoms with Gasteiger partial charge >= 0.3 is 0 Å². The average molecular weight is 476 g/mol. The van der Waals surface area contributed by atoms with Gasteiger partial charge in [-0.25, -0.2) is 4.90 Å². The molecule has 0 aliphatic rings. The Labute approximate surface area is 195 Å². The fourth-order valence-corrected chi connectivity index (χ4v) is 4.31. The van der Waals surface area contributed by atoms with Crippen molar-refractivity contribution in [3.8, 4) is 0 Å². The number of unbranched alkanes of at least 4 members (excludes halogenated alkanes) is 9. The van der Waals surface area contributed by atoms with Crippen molar-refractivity contribution in [3.05, 3.63) is 30.3 Å². The van der Waals surface area contributed by atoms with Crippen LogP contribution in [0, 0.1) is 0 Å². The summed E-state index contributed by atoms with van der Waals surface area (Å²) in [5.74, 6) is 0. The molecule has 188 valence electrons. The zero-order chi connectivity index (χ0) is 24.4. The third-order valence-corrected chi connectivity index (χ3v) is 6.39. The van der Waals surface area contributed by atoms with E-state index in [4.69, 9.17) is 19.5 Å². The van der Waals surface area contributed by atoms with Crippen molar-refractivity contribution >= 4 is 10.1 Å². The van der Waals surface area contributed by atoms with Gasteiger partial charge in [-0.2, -0.15) is 8.42 Å². The first-order chi connectivity index (χ1) is 15.1. The lowest BCUT2D eigenvalue weighted by Crippen LogP contribution is -2.45. The molecule has 32 heavy (non-hydrogen) atoms. The number of benzene rings is 1. The van der Waals surface area contributed by atoms with Gasteiger partial charge in [0.2, 0.25) is 0 Å². The zero-order valence-electron chi connectivity index (χ0n) is 20.3. The average Bonchev–Trinajstić information content (AvgIpc) is 2.72. The number of nitrogens with zero attached hydrogens (tertiary/aromatic N) is 1. The van der Waals surface area contributed by atoms with Crippen molar-refractivity contribution in [2.75, 3.05) is 6.61 Å². The molecule has 0 radical (unpaired) electrons. The van der Waals surface area contributed by atoms with Gasteiger partial charge in [0.25, 0.3) is 10.1 Å². The van der Waals surface area contributed by atoms with E-state index in [-0.39, 0.29) is 11.5 Å². The lowest BCUT2D eigenvalue weighted by Gasteiger charge is -2.30. The van der Waals surface area contributed by atoms with Crippen molar-refractivity contribution in [2.45, 2.75) is 115 Å². The van der Waals surface area contributed by atoms with Gasteiger partial charge < -0.3 is 15.3 Å². The number of hydrogen-bond acceptors (Lipinski definition) is 7. The quantitative estimate of drug-likeness (QED) is 0.182. The summed E-state index contributed by atoms with van der Waals surface area (Å²) in [6, 6.07) is 8.33. The molecule has 7 nitrogen and oxygen atoms in total. The molecule has 0 fully saturated rings. The summed E-state index contributed by atoms with van der Waals surface area (Å²) in [4.78, 5) is 1.40. The van der Waals surface area contributed by atoms with E-state index in [1.165, 1.54) is 77.0 Å². The highest BCUT2D eigenvalue weighted by atomic mass is 32.2. The van der Waals surface area contributed by atoms with Crippen molar-refractivity contribution in [3.63, 3.8) is 0 Å². The Morgan fingerprint density at radius 1 is 0.750 bits per heavy atom. The minimum absolute atomic E-state index is 0.238. The normalized spacial score (nSPS) is 14.5. The van der Waals surface area contributed by atoms with Crippen LogP contribution < -0.4 is 0 Å². The second kappa shape index (κ2) is 18.4. The first-order valence-electron chi connectivity index (χ1n) is 11.9. The third kappa shape index (κ3) is 14.9. The van der Waals surface area contributed by atoms with E-state index < -0.39 is 28.8 Å². The predicted octanol–water partition coefficient (Wildman–Crippen LogP) is 4.62. The maximum absolute atomic E-state index is 11.9. The SMILES string of the molecule is CC(O)N(C(C)O)C(C)O.CCCCCCCCCCCCOS(=O)(=O)c1ccccc1. The van der Waals surface area contributed by atoms with Gasteiger partial charge in [0.15, 0.2) is 0 Å². The second-order valence-corrected chi connectivity index (χ2v) is 9.73. The van der Waals surface area contributed by atoms with Crippen LogP contribution in [0.1, 0.15) is 91.9 Å². The maximum Gasteiger partial charge on any atom is 0.296 e. The molecular weight excluding hydrogens is 430 g/mol. The van der Waals surface area contributed by atoms with Crippen LogP contribution in [0.3, 0.4) is 0 Å². The molecule has 0 aliphatic heterocycles. The Balaban J connectivity index is 0.000000809. The summed E-state index contributed by atoms with van der Waals surface area (Å²) < 4.78 is 28.8. The molecule has 3 unspecified atom stereocenters. The largest absolute Gasteiger partial charge is 0.379 e. The molecule has 0 aromatic heterocycles. The molecule has 0 aliphatic carbocycles. The Morgan fingerprint density at radius 2 is 1.16 bits per heavy atom. The van der Waals surface area contributed by atoms with E-state index in [2.05, 4.69) is 6.92 Å². The van der Waals surface area contributed by atoms with E-state index in [0.29, 0.717) is 0 Å². The van der Waals surface area contributed by atoms with Gasteiger partial charge in [-0.1, -0.05) is 82.9 Å². The molecule has 0 heterocycles. The molecule has 1 aromatic carbocycles. The molecule has 3 atom stereocenters. The van der Waals surface area contributed by atoms with E-state index in [1.807, 2.05) is 0 Å². The van der Waals surface area contributed by atoms with E-state index in [0.717, 1.165) is 12.8 Å². The first kappa shape index (κ1) is 31.0. The van der Waals surface area contributed by atoms with E-state index >= 15 is 0 Å². The monoisotopic (exact) mass is 475 g/mol. The van der Waals surface area contributed by atoms with Crippen LogP contribution in [0.4, 0.5) is 0 Å². The van der Waals surface area contributed by atoms with Crippen LogP contribution in [0.15, 0.2) is 35.2 Å². The summed E-state index contributed by atoms with van der Waals surface area (Å²) in [6.45, 7) is 6.98. The Hall–Kier alpha value is -1.03. The standard InChI is InChI=1S/C18H30O3S.C6H15NO3/c1-2-3-4-5-6-7-8-9-10-14-17-21-22(19,20)18-15-12-11-13-16-18;1-4(8)7(5(2)9)6(3)10/h11-13,15-16H,2-10,14,17H2,1H3;4-6,8-10H,1-3H3. The highest BCUT2D eigenvalue weighted by Gasteiger charge is 2.20. The summed E-state index contributed by atoms with van der Waals surface area (Å²) in [5.41, 5.74) is 0. The van der Waals surface area contributed by atoms with E-state index in [1.54, 1.807) is 30.3 Å². The van der Waals surface area contributed by atoms with Gasteiger partial charge in [-0.15, -0.1) is 0 Å². The molecule has 0 spiro atoms. The molecule has 0 saturated heterocycles. The highest BCUT2D eigenvalue weighted by Crippen LogP contribution is 2.13. The summed E-state index contributed by atoms with van der Waals surface area (Å²) in [5, 5.41) is 26.9. The van der Waals surface area contributed by atoms with Crippen molar-refractivity contribution in [2.24, 2.45) is 0 Å². The van der Waals surface area contributed by atoms with E-state index in [9.17, 15) is 8.42 Å². The molecule has 1 rings (SSSR count). The minimum atomic E-state index is -3.57. The van der Waals surface area contributed by atoms with Crippen LogP contribution >= 0.6 is 0 Å². The fourth-order valence-electron chi connectivity index (χ4n) is 3.35. The van der Waals surface area contributed by atoms with Gasteiger partial charge in [0.1, 0.15) is 18.7 Å². The lowest BCUT2D eigenvalue weighted by molar-refractivity contribution is -0.159. The molecule has 8 heteroatoms. The molecule has 1 aromatic rings. The number of aliphatic hydroxyl groups excluding tert-OH is 3. The van der Waals surface area contributed by atoms with Crippen LogP contribution in [-0.2, 0) is 14.3 Å². The van der Waals surface area contributed by atoms with Crippen LogP contribution in [-0.4, -0.2) is 53.9 Å². The van der Waals surface area contributed by atoms with Gasteiger partial charge in [-0.3, -0.25) is 4.18 Å². The van der Waals surface area contributed by atoms with Crippen molar-refractivity contribution < 1.29 is 27.9 Å². The maximum atomic E-state index is 11.9. The zero-order valence-corrected chi connectivity index (χ0v) is 21.1. The molecule has 0 bridgehead atoms. The van der Waals surface area contributed by atoms with Crippen LogP contribution in [0.25, 0.3) is 0 Å². The number of aliphatic hydroxyl groups is 3. The summed E-state index contributed by atoms with van der Waals surface area (Å²) >= 11 is 0. The van der Waals surface area contributed by atoms with Gasteiger partial charge in [0, 0.05) is 0 Å². The van der Waals surface area contributed by atoms with Gasteiger partial charge in [-0.05, 0) is 39.3 Å². The third-order valence-electron chi connectivity index (χ3n) is 5.06. The first-order valence-corrected chi connectivity index (χ1v) is 13.3.